The van der Waals surface area contributed by atoms with E-state index in [4.69, 9.17) is 26.8 Å². The molecule has 0 fully saturated rings. The summed E-state index contributed by atoms with van der Waals surface area (Å²) in [5.41, 5.74) is 7.17. The van der Waals surface area contributed by atoms with Crippen LogP contribution in [0.1, 0.15) is 45.1 Å². The van der Waals surface area contributed by atoms with Crippen molar-refractivity contribution in [2.24, 2.45) is 5.73 Å². The van der Waals surface area contributed by atoms with Crippen LogP contribution in [0.25, 0.3) is 0 Å². The third-order valence-electron chi connectivity index (χ3n) is 6.32. The van der Waals surface area contributed by atoms with Gasteiger partial charge in [0, 0.05) is 24.0 Å². The first-order valence-electron chi connectivity index (χ1n) is 12.8. The largest absolute Gasteiger partial charge is 0.488 e. The molecule has 4 rings (SSSR count). The molecule has 1 unspecified atom stereocenters. The van der Waals surface area contributed by atoms with Gasteiger partial charge >= 0.3 is 0 Å². The van der Waals surface area contributed by atoms with E-state index in [9.17, 15) is 27.6 Å². The maximum absolute atomic E-state index is 13.2. The molecule has 0 bridgehead atoms. The van der Waals surface area contributed by atoms with Crippen LogP contribution in [0.4, 0.5) is 0 Å². The van der Waals surface area contributed by atoms with Gasteiger partial charge in [-0.05, 0) is 35.4 Å². The summed E-state index contributed by atoms with van der Waals surface area (Å²) in [6.07, 6.45) is -0.383. The first-order chi connectivity index (χ1) is 20.0. The molecule has 1 aliphatic rings. The van der Waals surface area contributed by atoms with Crippen LogP contribution in [-0.4, -0.2) is 44.2 Å². The first kappa shape index (κ1) is 30.5. The summed E-state index contributed by atoms with van der Waals surface area (Å²) in [4.78, 5) is 50.3. The molecule has 0 aliphatic carbocycles. The Bertz CT molecular complexity index is 1690. The topological polar surface area (TPSA) is 159 Å². The van der Waals surface area contributed by atoms with Crippen molar-refractivity contribution in [2.75, 3.05) is 12.4 Å². The molecule has 218 valence electrons. The molecule has 2 amide bonds. The number of benzene rings is 3. The molecule has 3 aromatic carbocycles. The first-order valence-corrected chi connectivity index (χ1v) is 14.8. The number of ketones is 2. The van der Waals surface area contributed by atoms with Crippen molar-refractivity contribution in [1.29, 1.82) is 0 Å². The lowest BCUT2D eigenvalue weighted by Gasteiger charge is -2.15. The summed E-state index contributed by atoms with van der Waals surface area (Å²) in [6, 6.07) is 15.6. The second-order valence-electron chi connectivity index (χ2n) is 9.50. The second kappa shape index (κ2) is 13.0. The van der Waals surface area contributed by atoms with Gasteiger partial charge in [-0.25, -0.2) is 8.42 Å². The van der Waals surface area contributed by atoms with Gasteiger partial charge in [0.25, 0.3) is 5.91 Å². The number of sulfonamides is 1. The molecular formula is C30H27ClN2O8S. The fraction of sp³-hybridized carbons (Fsp3) is 0.200. The highest BCUT2D eigenvalue weighted by molar-refractivity contribution is 7.90. The number of fused-ring (bicyclic) bond motifs is 2. The molecule has 0 spiro atoms. The lowest BCUT2D eigenvalue weighted by molar-refractivity contribution is -0.125. The van der Waals surface area contributed by atoms with E-state index < -0.39 is 45.3 Å². The fourth-order valence-corrected chi connectivity index (χ4v) is 5.65. The second-order valence-corrected chi connectivity index (χ2v) is 11.7. The predicted molar refractivity (Wildman–Crippen MR) is 155 cm³/mol. The van der Waals surface area contributed by atoms with Crippen LogP contribution in [0, 0.1) is 0 Å². The molecule has 3 N–H and O–H groups in total. The maximum Gasteiger partial charge on any atom is 0.263 e. The van der Waals surface area contributed by atoms with Gasteiger partial charge in [0.15, 0.2) is 5.78 Å². The average Bonchev–Trinajstić information content (AvgIpc) is 3.06. The van der Waals surface area contributed by atoms with Crippen molar-refractivity contribution in [3.8, 4) is 11.5 Å². The molecule has 3 aromatic rings. The Hall–Kier alpha value is -4.48. The van der Waals surface area contributed by atoms with E-state index in [0.717, 1.165) is 0 Å². The van der Waals surface area contributed by atoms with Gasteiger partial charge in [0.2, 0.25) is 22.0 Å². The molecule has 1 atom stereocenters. The number of halogens is 1. The SMILES string of the molecule is C=CCOc1ccc(CC(=O)NS(=O)(=O)CCC(=O)Cc2ccc3c(c2)C(=O)c2ccccc2C(C(N)=O)O3)cc1Cl. The van der Waals surface area contributed by atoms with E-state index >= 15 is 0 Å². The Balaban J connectivity index is 1.36. The Kier molecular flexibility index (Phi) is 9.44. The number of carbonyl (C=O) groups excluding carboxylic acids is 4. The molecule has 1 heterocycles. The summed E-state index contributed by atoms with van der Waals surface area (Å²) < 4.78 is 38.0. The number of ether oxygens (including phenoxy) is 2. The minimum absolute atomic E-state index is 0.140. The average molecular weight is 611 g/mol. The highest BCUT2D eigenvalue weighted by Crippen LogP contribution is 2.35. The number of nitrogens with one attached hydrogen (secondary N) is 1. The minimum atomic E-state index is -4.10. The van der Waals surface area contributed by atoms with Crippen molar-refractivity contribution >= 4 is 45.0 Å². The van der Waals surface area contributed by atoms with Crippen LogP contribution in [0.5, 0.6) is 11.5 Å². The van der Waals surface area contributed by atoms with Crippen LogP contribution in [-0.2, 0) is 37.2 Å². The molecule has 0 radical (unpaired) electrons. The molecule has 12 heteroatoms. The van der Waals surface area contributed by atoms with Gasteiger partial charge in [0.1, 0.15) is 23.9 Å². The molecule has 1 aliphatic heterocycles. The van der Waals surface area contributed by atoms with Gasteiger partial charge in [-0.2, -0.15) is 0 Å². The van der Waals surface area contributed by atoms with E-state index in [-0.39, 0.29) is 47.8 Å². The normalized spacial score (nSPS) is 14.0. The van der Waals surface area contributed by atoms with E-state index in [1.165, 1.54) is 18.2 Å². The highest BCUT2D eigenvalue weighted by atomic mass is 35.5. The molecular weight excluding hydrogens is 584 g/mol. The molecule has 0 saturated heterocycles. The van der Waals surface area contributed by atoms with Crippen LogP contribution in [0.15, 0.2) is 73.3 Å². The lowest BCUT2D eigenvalue weighted by Crippen LogP contribution is -2.34. The van der Waals surface area contributed by atoms with Gasteiger partial charge in [-0.15, -0.1) is 0 Å². The Morgan fingerprint density at radius 2 is 1.74 bits per heavy atom. The smallest absolute Gasteiger partial charge is 0.263 e. The zero-order valence-corrected chi connectivity index (χ0v) is 23.9. The standard InChI is InChI=1S/C30H27ClN2O8S/c1-2-12-40-26-10-8-19(16-24(26)31)17-27(35)33-42(38,39)13-11-20(34)14-18-7-9-25-23(15-18)28(36)21-5-3-4-6-22(21)29(41-25)30(32)37/h2-10,15-16,29H,1,11-14,17H2,(H2,32,37)(H,33,35). The van der Waals surface area contributed by atoms with Gasteiger partial charge in [-0.1, -0.05) is 60.7 Å². The van der Waals surface area contributed by atoms with Crippen molar-refractivity contribution in [3.05, 3.63) is 106 Å². The third kappa shape index (κ3) is 7.42. The Morgan fingerprint density at radius 3 is 2.45 bits per heavy atom. The Morgan fingerprint density at radius 1 is 1.02 bits per heavy atom. The van der Waals surface area contributed by atoms with Crippen molar-refractivity contribution in [2.45, 2.75) is 25.4 Å². The molecule has 0 saturated carbocycles. The summed E-state index contributed by atoms with van der Waals surface area (Å²) in [5.74, 6) is -2.42. The highest BCUT2D eigenvalue weighted by Gasteiger charge is 2.32. The number of Topliss-reactive ketones (excluding diaryl/α,β-unsaturated/α-hetero) is 1. The minimum Gasteiger partial charge on any atom is -0.488 e. The number of nitrogens with two attached hydrogens (primary N) is 1. The summed E-state index contributed by atoms with van der Waals surface area (Å²) in [5, 5.41) is 0.263. The number of carbonyl (C=O) groups is 4. The van der Waals surface area contributed by atoms with Crippen molar-refractivity contribution in [1.82, 2.24) is 4.72 Å². The predicted octanol–water partition coefficient (Wildman–Crippen LogP) is 3.25. The van der Waals surface area contributed by atoms with Crippen LogP contribution in [0.3, 0.4) is 0 Å². The van der Waals surface area contributed by atoms with Crippen LogP contribution < -0.4 is 19.9 Å². The molecule has 0 aromatic heterocycles. The van der Waals surface area contributed by atoms with E-state index in [2.05, 4.69) is 6.58 Å². The number of primary amides is 1. The zero-order chi connectivity index (χ0) is 30.4. The summed E-state index contributed by atoms with van der Waals surface area (Å²) >= 11 is 6.14. The van der Waals surface area contributed by atoms with E-state index in [0.29, 0.717) is 22.4 Å². The van der Waals surface area contributed by atoms with Gasteiger partial charge in [-0.3, -0.25) is 23.9 Å². The monoisotopic (exact) mass is 610 g/mol. The summed E-state index contributed by atoms with van der Waals surface area (Å²) in [6.45, 7) is 3.80. The fourth-order valence-electron chi connectivity index (χ4n) is 4.38. The van der Waals surface area contributed by atoms with Crippen molar-refractivity contribution in [3.63, 3.8) is 0 Å². The number of rotatable bonds is 12. The van der Waals surface area contributed by atoms with Crippen molar-refractivity contribution < 1.29 is 37.1 Å². The Labute approximate surface area is 247 Å². The van der Waals surface area contributed by atoms with E-state index in [1.54, 1.807) is 48.5 Å². The number of amides is 2. The van der Waals surface area contributed by atoms with Crippen LogP contribution >= 0.6 is 11.6 Å². The molecule has 10 nitrogen and oxygen atoms in total. The summed E-state index contributed by atoms with van der Waals surface area (Å²) in [7, 11) is -4.10. The van der Waals surface area contributed by atoms with Gasteiger partial charge < -0.3 is 15.2 Å². The molecule has 42 heavy (non-hydrogen) atoms. The van der Waals surface area contributed by atoms with Crippen LogP contribution in [0.2, 0.25) is 5.02 Å². The lowest BCUT2D eigenvalue weighted by atomic mass is 9.94. The van der Waals surface area contributed by atoms with Gasteiger partial charge in [0.05, 0.1) is 22.8 Å². The maximum atomic E-state index is 13.2. The van der Waals surface area contributed by atoms with E-state index in [1.807, 2.05) is 4.72 Å². The zero-order valence-electron chi connectivity index (χ0n) is 22.3. The number of hydrogen-bond donors (Lipinski definition) is 2. The quantitative estimate of drug-likeness (QED) is 0.296. The number of hydrogen-bond acceptors (Lipinski definition) is 8. The third-order valence-corrected chi connectivity index (χ3v) is 7.89.